The summed E-state index contributed by atoms with van der Waals surface area (Å²) in [6.45, 7) is 2.05. The molecule has 1 aromatic heterocycles. The van der Waals surface area contributed by atoms with Crippen molar-refractivity contribution in [2.45, 2.75) is 6.92 Å². The van der Waals surface area contributed by atoms with Crippen molar-refractivity contribution < 1.29 is 0 Å². The molecule has 2 aromatic rings. The summed E-state index contributed by atoms with van der Waals surface area (Å²) < 4.78 is 3.31. The van der Waals surface area contributed by atoms with Crippen LogP contribution in [-0.2, 0) is 0 Å². The van der Waals surface area contributed by atoms with E-state index in [4.69, 9.17) is 24.4 Å². The van der Waals surface area contributed by atoms with Crippen LogP contribution in [0.2, 0.25) is 0 Å². The summed E-state index contributed by atoms with van der Waals surface area (Å²) in [5.74, 6) is 0. The zero-order valence-electron chi connectivity index (χ0n) is 7.48. The summed E-state index contributed by atoms with van der Waals surface area (Å²) in [6.07, 6.45) is 0. The number of H-pyrrole nitrogens is 1. The highest BCUT2D eigenvalue weighted by Crippen LogP contribution is 2.15. The van der Waals surface area contributed by atoms with E-state index in [9.17, 15) is 0 Å². The van der Waals surface area contributed by atoms with Crippen LogP contribution >= 0.6 is 35.8 Å². The number of nitrogens with zero attached hydrogens (tertiary/aromatic N) is 1. The van der Waals surface area contributed by atoms with Gasteiger partial charge in [0.25, 0.3) is 0 Å². The second-order valence-corrected chi connectivity index (χ2v) is 5.20. The van der Waals surface area contributed by atoms with Gasteiger partial charge in [-0.2, -0.15) is 0 Å². The van der Waals surface area contributed by atoms with Gasteiger partial charge in [0.2, 0.25) is 0 Å². The van der Waals surface area contributed by atoms with Gasteiger partial charge in [-0.25, -0.2) is 4.68 Å². The Morgan fingerprint density at radius 1 is 1.29 bits per heavy atom. The van der Waals surface area contributed by atoms with E-state index in [1.165, 1.54) is 16.9 Å². The monoisotopic (exact) mass is 240 g/mol. The molecule has 0 aliphatic heterocycles. The molecule has 0 bridgehead atoms. The molecule has 1 aromatic carbocycles. The predicted octanol–water partition coefficient (Wildman–Crippen LogP) is 3.63. The maximum Gasteiger partial charge on any atom is 0.183 e. The molecular formula is C9H8N2S3. The van der Waals surface area contributed by atoms with Gasteiger partial charge in [0.1, 0.15) is 0 Å². The summed E-state index contributed by atoms with van der Waals surface area (Å²) >= 11 is 11.6. The summed E-state index contributed by atoms with van der Waals surface area (Å²) in [5, 5.41) is 3.05. The summed E-state index contributed by atoms with van der Waals surface area (Å²) in [6, 6.07) is 8.05. The average Bonchev–Trinajstić information content (AvgIpc) is 2.46. The number of hydrogen-bond donors (Lipinski definition) is 1. The van der Waals surface area contributed by atoms with E-state index in [2.05, 4.69) is 5.10 Å². The highest BCUT2D eigenvalue weighted by molar-refractivity contribution is 7.75. The second kappa shape index (κ2) is 3.76. The molecule has 0 saturated heterocycles. The van der Waals surface area contributed by atoms with Crippen LogP contribution in [0.4, 0.5) is 0 Å². The number of nitrogens with one attached hydrogen (secondary N) is 1. The second-order valence-electron chi connectivity index (χ2n) is 2.89. The van der Waals surface area contributed by atoms with Crippen molar-refractivity contribution >= 4 is 35.8 Å². The first-order chi connectivity index (χ1) is 6.68. The van der Waals surface area contributed by atoms with Gasteiger partial charge in [-0.1, -0.05) is 29.5 Å². The first kappa shape index (κ1) is 9.76. The third-order valence-electron chi connectivity index (χ3n) is 1.92. The number of para-hydroxylation sites is 1. The van der Waals surface area contributed by atoms with Gasteiger partial charge >= 0.3 is 0 Å². The Bertz CT molecular complexity index is 562. The molecule has 1 N–H and O–H groups in total. The highest BCUT2D eigenvalue weighted by atomic mass is 32.2. The molecule has 72 valence electrons. The maximum absolute atomic E-state index is 5.20. The van der Waals surface area contributed by atoms with Gasteiger partial charge < -0.3 is 0 Å². The van der Waals surface area contributed by atoms with Crippen LogP contribution in [0.15, 0.2) is 24.3 Å². The number of hydrogen-bond acceptors (Lipinski definition) is 3. The van der Waals surface area contributed by atoms with E-state index in [1.54, 1.807) is 0 Å². The van der Waals surface area contributed by atoms with Crippen LogP contribution in [0.5, 0.6) is 0 Å². The van der Waals surface area contributed by atoms with E-state index in [1.807, 2.05) is 35.9 Å². The lowest BCUT2D eigenvalue weighted by Crippen LogP contribution is -1.98. The van der Waals surface area contributed by atoms with Gasteiger partial charge in [0.15, 0.2) is 7.91 Å². The van der Waals surface area contributed by atoms with Crippen molar-refractivity contribution in [1.82, 2.24) is 9.78 Å². The molecule has 0 atom stereocenters. The normalized spacial score (nSPS) is 10.4. The standard InChI is InChI=1S/C9H8N2S3/c1-6-4-2-3-5-7(6)11-9(13)14-8(12)10-11/h2-5H,1H3,(H,10,12). The topological polar surface area (TPSA) is 20.7 Å². The van der Waals surface area contributed by atoms with Gasteiger partial charge in [-0.15, -0.1) is 0 Å². The fourth-order valence-electron chi connectivity index (χ4n) is 1.26. The van der Waals surface area contributed by atoms with E-state index >= 15 is 0 Å². The highest BCUT2D eigenvalue weighted by Gasteiger charge is 2.01. The Morgan fingerprint density at radius 3 is 2.57 bits per heavy atom. The minimum absolute atomic E-state index is 0.707. The lowest BCUT2D eigenvalue weighted by atomic mass is 10.2. The van der Waals surface area contributed by atoms with Crippen molar-refractivity contribution in [1.29, 1.82) is 0 Å². The fourth-order valence-corrected chi connectivity index (χ4v) is 2.67. The SMILES string of the molecule is Cc1ccccc1-n1[nH]c(=S)sc1=S. The van der Waals surface area contributed by atoms with Crippen LogP contribution in [0.3, 0.4) is 0 Å². The Morgan fingerprint density at radius 2 is 2.00 bits per heavy atom. The van der Waals surface area contributed by atoms with Crippen LogP contribution in [0, 0.1) is 14.8 Å². The zero-order valence-corrected chi connectivity index (χ0v) is 9.93. The first-order valence-electron chi connectivity index (χ1n) is 4.06. The number of aryl methyl sites for hydroxylation is 1. The summed E-state index contributed by atoms with van der Waals surface area (Å²) in [5.41, 5.74) is 2.23. The van der Waals surface area contributed by atoms with Crippen LogP contribution in [0.1, 0.15) is 5.56 Å². The molecule has 0 radical (unpaired) electrons. The van der Waals surface area contributed by atoms with Crippen LogP contribution in [0.25, 0.3) is 5.69 Å². The lowest BCUT2D eigenvalue weighted by molar-refractivity contribution is 0.857. The van der Waals surface area contributed by atoms with Crippen molar-refractivity contribution in [3.8, 4) is 5.69 Å². The van der Waals surface area contributed by atoms with E-state index < -0.39 is 0 Å². The molecule has 0 saturated carbocycles. The minimum atomic E-state index is 0.707. The van der Waals surface area contributed by atoms with Crippen LogP contribution in [-0.4, -0.2) is 9.78 Å². The summed E-state index contributed by atoms with van der Waals surface area (Å²) in [4.78, 5) is 0. The van der Waals surface area contributed by atoms with Crippen molar-refractivity contribution in [2.24, 2.45) is 0 Å². The molecule has 0 fully saturated rings. The molecular weight excluding hydrogens is 232 g/mol. The zero-order chi connectivity index (χ0) is 10.1. The smallest absolute Gasteiger partial charge is 0.183 e. The Hall–Kier alpha value is -0.780. The molecule has 0 aliphatic rings. The van der Waals surface area contributed by atoms with Crippen molar-refractivity contribution in [3.63, 3.8) is 0 Å². The van der Waals surface area contributed by atoms with Gasteiger partial charge in [-0.3, -0.25) is 5.10 Å². The lowest BCUT2D eigenvalue weighted by Gasteiger charge is -2.04. The van der Waals surface area contributed by atoms with Gasteiger partial charge in [0, 0.05) is 0 Å². The fraction of sp³-hybridized carbons (Fsp3) is 0.111. The largest absolute Gasteiger partial charge is 0.273 e. The average molecular weight is 240 g/mol. The first-order valence-corrected chi connectivity index (χ1v) is 5.70. The van der Waals surface area contributed by atoms with Gasteiger partial charge in [-0.05, 0) is 43.0 Å². The van der Waals surface area contributed by atoms with E-state index in [0.717, 1.165) is 9.64 Å². The minimum Gasteiger partial charge on any atom is -0.273 e. The number of aromatic amines is 1. The number of aromatic nitrogens is 2. The van der Waals surface area contributed by atoms with Gasteiger partial charge in [0.05, 0.1) is 5.69 Å². The molecule has 0 amide bonds. The predicted molar refractivity (Wildman–Crippen MR) is 64.4 cm³/mol. The molecule has 0 aliphatic carbocycles. The van der Waals surface area contributed by atoms with E-state index in [-0.39, 0.29) is 0 Å². The van der Waals surface area contributed by atoms with Crippen LogP contribution < -0.4 is 0 Å². The molecule has 2 rings (SSSR count). The molecule has 0 unspecified atom stereocenters. The molecule has 0 spiro atoms. The Kier molecular flexibility index (Phi) is 2.62. The molecule has 1 heterocycles. The Labute approximate surface area is 95.8 Å². The molecule has 5 heteroatoms. The van der Waals surface area contributed by atoms with Crippen molar-refractivity contribution in [3.05, 3.63) is 37.7 Å². The number of benzene rings is 1. The number of rotatable bonds is 1. The summed E-state index contributed by atoms with van der Waals surface area (Å²) in [7, 11) is 0. The molecule has 14 heavy (non-hydrogen) atoms. The quantitative estimate of drug-likeness (QED) is 0.768. The van der Waals surface area contributed by atoms with E-state index in [0.29, 0.717) is 3.95 Å². The van der Waals surface area contributed by atoms with Crippen molar-refractivity contribution in [2.75, 3.05) is 0 Å². The Balaban J connectivity index is 2.72. The third kappa shape index (κ3) is 1.70. The third-order valence-corrected chi connectivity index (χ3v) is 3.33. The molecule has 2 nitrogen and oxygen atoms in total. The maximum atomic E-state index is 5.20.